The molecule has 0 radical (unpaired) electrons. The van der Waals surface area contributed by atoms with Crippen molar-refractivity contribution < 1.29 is 27.6 Å². The van der Waals surface area contributed by atoms with E-state index >= 15 is 0 Å². The molecular formula is C6H3F4N3O3. The molecule has 16 heavy (non-hydrogen) atoms. The van der Waals surface area contributed by atoms with E-state index in [0.717, 1.165) is 0 Å². The van der Waals surface area contributed by atoms with Gasteiger partial charge >= 0.3 is 5.09 Å². The zero-order valence-electron chi connectivity index (χ0n) is 7.29. The van der Waals surface area contributed by atoms with Gasteiger partial charge in [0, 0.05) is 6.07 Å². The van der Waals surface area contributed by atoms with E-state index < -0.39 is 34.0 Å². The lowest BCUT2D eigenvalue weighted by molar-refractivity contribution is -0.762. The van der Waals surface area contributed by atoms with Crippen LogP contribution >= 0.6 is 0 Å². The Kier molecular flexibility index (Phi) is 3.13. The molecule has 0 amide bonds. The Hall–Kier alpha value is -2.10. The first-order chi connectivity index (χ1) is 7.34. The molecule has 0 aromatic heterocycles. The molecule has 0 aliphatic heterocycles. The van der Waals surface area contributed by atoms with Crippen LogP contribution in [0.2, 0.25) is 0 Å². The lowest BCUT2D eigenvalue weighted by atomic mass is 10.2. The Morgan fingerprint density at radius 2 is 1.81 bits per heavy atom. The Morgan fingerprint density at radius 1 is 1.25 bits per heavy atom. The first kappa shape index (κ1) is 12.0. The molecule has 0 spiro atoms. The molecule has 0 heterocycles. The number of benzene rings is 1. The highest BCUT2D eigenvalue weighted by Crippen LogP contribution is 2.24. The van der Waals surface area contributed by atoms with E-state index in [2.05, 4.69) is 4.94 Å². The second-order valence-electron chi connectivity index (χ2n) is 2.45. The normalized spacial score (nSPS) is 10.1. The fraction of sp³-hybridized carbons (Fsp3) is 0. The van der Waals surface area contributed by atoms with Crippen LogP contribution < -0.4 is 11.0 Å². The van der Waals surface area contributed by atoms with Crippen LogP contribution in [0.25, 0.3) is 0 Å². The molecule has 0 unspecified atom stereocenters. The Balaban J connectivity index is 3.19. The topological polar surface area (TPSA) is 81.6 Å². The highest BCUT2D eigenvalue weighted by atomic mass is 19.2. The molecule has 0 bridgehead atoms. The van der Waals surface area contributed by atoms with Gasteiger partial charge in [-0.2, -0.15) is 4.94 Å². The number of hydrogen-bond acceptors (Lipinski definition) is 5. The van der Waals surface area contributed by atoms with Gasteiger partial charge in [0.15, 0.2) is 23.3 Å². The van der Waals surface area contributed by atoms with Crippen molar-refractivity contribution in [3.63, 3.8) is 0 Å². The number of hydrazine groups is 1. The zero-order chi connectivity index (χ0) is 12.5. The van der Waals surface area contributed by atoms with Crippen LogP contribution in [0.5, 0.6) is 0 Å². The summed E-state index contributed by atoms with van der Waals surface area (Å²) < 4.78 is 50.7. The predicted octanol–water partition coefficient (Wildman–Crippen LogP) is 1.05. The monoisotopic (exact) mass is 241 g/mol. The van der Waals surface area contributed by atoms with Crippen molar-refractivity contribution in [2.24, 2.45) is 5.84 Å². The number of nitrogens with zero attached hydrogens (tertiary/aromatic N) is 2. The molecule has 0 fully saturated rings. The lowest BCUT2D eigenvalue weighted by Crippen LogP contribution is -2.34. The van der Waals surface area contributed by atoms with Crippen LogP contribution in [-0.4, -0.2) is 5.09 Å². The Morgan fingerprint density at radius 3 is 2.31 bits per heavy atom. The minimum atomic E-state index is -2.16. The second-order valence-corrected chi connectivity index (χ2v) is 2.45. The molecule has 1 rings (SSSR count). The van der Waals surface area contributed by atoms with E-state index in [1.165, 1.54) is 0 Å². The van der Waals surface area contributed by atoms with Crippen molar-refractivity contribution in [1.29, 1.82) is 0 Å². The Labute approximate surface area is 84.8 Å². The van der Waals surface area contributed by atoms with E-state index in [9.17, 15) is 27.7 Å². The van der Waals surface area contributed by atoms with Crippen LogP contribution in [0.15, 0.2) is 6.07 Å². The van der Waals surface area contributed by atoms with Gasteiger partial charge in [-0.1, -0.05) is 0 Å². The van der Waals surface area contributed by atoms with Gasteiger partial charge in [0.2, 0.25) is 0 Å². The summed E-state index contributed by atoms with van der Waals surface area (Å²) in [4.78, 5) is 13.3. The summed E-state index contributed by atoms with van der Waals surface area (Å²) in [6.45, 7) is 0. The second kappa shape index (κ2) is 4.18. The predicted molar refractivity (Wildman–Crippen MR) is 41.0 cm³/mol. The molecule has 1 aromatic rings. The number of nitrogens with two attached hydrogens (primary N) is 1. The third-order valence-corrected chi connectivity index (χ3v) is 1.48. The molecule has 0 aliphatic carbocycles. The van der Waals surface area contributed by atoms with E-state index in [4.69, 9.17) is 5.84 Å². The summed E-state index contributed by atoms with van der Waals surface area (Å²) in [5.41, 5.74) is -1.16. The molecule has 1 aromatic carbocycles. The lowest BCUT2D eigenvalue weighted by Gasteiger charge is -2.15. The number of hydrogen-bond donors (Lipinski definition) is 1. The zero-order valence-corrected chi connectivity index (χ0v) is 7.29. The molecule has 2 N–H and O–H groups in total. The first-order valence-electron chi connectivity index (χ1n) is 3.55. The van der Waals surface area contributed by atoms with Gasteiger partial charge in [0.1, 0.15) is 5.69 Å². The van der Waals surface area contributed by atoms with E-state index in [0.29, 0.717) is 0 Å². The summed E-state index contributed by atoms with van der Waals surface area (Å²) in [5.74, 6) is -3.14. The summed E-state index contributed by atoms with van der Waals surface area (Å²) in [5, 5.41) is 8.02. The van der Waals surface area contributed by atoms with Gasteiger partial charge in [-0.3, -0.25) is 0 Å². The number of halogens is 4. The van der Waals surface area contributed by atoms with Crippen LogP contribution in [0, 0.1) is 33.4 Å². The van der Waals surface area contributed by atoms with E-state index in [1.54, 1.807) is 0 Å². The largest absolute Gasteiger partial charge is 0.318 e. The molecular weight excluding hydrogens is 238 g/mol. The van der Waals surface area contributed by atoms with E-state index in [1.807, 2.05) is 0 Å². The summed E-state index contributed by atoms with van der Waals surface area (Å²) >= 11 is 0. The van der Waals surface area contributed by atoms with Crippen molar-refractivity contribution in [1.82, 2.24) is 0 Å². The third-order valence-electron chi connectivity index (χ3n) is 1.48. The quantitative estimate of drug-likeness (QED) is 0.213. The highest BCUT2D eigenvalue weighted by molar-refractivity contribution is 5.45. The molecule has 6 nitrogen and oxygen atoms in total. The van der Waals surface area contributed by atoms with Crippen molar-refractivity contribution in [3.05, 3.63) is 39.4 Å². The van der Waals surface area contributed by atoms with Gasteiger partial charge in [-0.15, -0.1) is 15.3 Å². The fourth-order valence-electron chi connectivity index (χ4n) is 0.837. The van der Waals surface area contributed by atoms with Gasteiger partial charge < -0.3 is 0 Å². The standard InChI is InChI=1S/C6H3F4N3O3/c7-2-1-3(12(11)16-13(14)15)5(9)6(10)4(2)8/h1H,11H2. The van der Waals surface area contributed by atoms with Crippen LogP contribution in [0.1, 0.15) is 0 Å². The van der Waals surface area contributed by atoms with Crippen molar-refractivity contribution in [2.45, 2.75) is 0 Å². The maximum Gasteiger partial charge on any atom is 0.318 e. The summed E-state index contributed by atoms with van der Waals surface area (Å²) in [6, 6.07) is 0.108. The van der Waals surface area contributed by atoms with Crippen LogP contribution in [0.4, 0.5) is 23.2 Å². The minimum absolute atomic E-state index is 0.108. The first-order valence-corrected chi connectivity index (χ1v) is 3.55. The maximum absolute atomic E-state index is 12.9. The molecule has 0 saturated heterocycles. The van der Waals surface area contributed by atoms with E-state index in [-0.39, 0.29) is 11.2 Å². The van der Waals surface area contributed by atoms with Crippen molar-refractivity contribution in [3.8, 4) is 0 Å². The Bertz CT molecular complexity index is 442. The smallest absolute Gasteiger partial charge is 0.223 e. The molecule has 10 heteroatoms. The maximum atomic E-state index is 12.9. The highest BCUT2D eigenvalue weighted by Gasteiger charge is 2.22. The van der Waals surface area contributed by atoms with Gasteiger partial charge in [0.05, 0.1) is 0 Å². The average molecular weight is 241 g/mol. The van der Waals surface area contributed by atoms with Crippen LogP contribution in [-0.2, 0) is 4.94 Å². The summed E-state index contributed by atoms with van der Waals surface area (Å²) in [7, 11) is 0. The average Bonchev–Trinajstić information content (AvgIpc) is 2.19. The van der Waals surface area contributed by atoms with Gasteiger partial charge in [-0.05, 0) is 0 Å². The van der Waals surface area contributed by atoms with Gasteiger partial charge in [0.25, 0.3) is 0 Å². The van der Waals surface area contributed by atoms with Crippen molar-refractivity contribution >= 4 is 5.69 Å². The number of anilines is 1. The minimum Gasteiger partial charge on any atom is -0.223 e. The fourth-order valence-corrected chi connectivity index (χ4v) is 0.837. The van der Waals surface area contributed by atoms with Gasteiger partial charge in [-0.25, -0.2) is 23.4 Å². The molecule has 0 atom stereocenters. The molecule has 88 valence electrons. The summed E-state index contributed by atoms with van der Waals surface area (Å²) in [6.07, 6.45) is 0. The molecule has 0 aliphatic rings. The third kappa shape index (κ3) is 2.11. The molecule has 0 saturated carbocycles. The number of rotatable bonds is 3. The SMILES string of the molecule is NN(O[N+](=O)[O-])c1cc(F)c(F)c(F)c1F. The van der Waals surface area contributed by atoms with Crippen LogP contribution in [0.3, 0.4) is 0 Å². The van der Waals surface area contributed by atoms with Crippen molar-refractivity contribution in [2.75, 3.05) is 5.17 Å².